The monoisotopic (exact) mass is 296 g/mol. The van der Waals surface area contributed by atoms with Gasteiger partial charge in [0.1, 0.15) is 0 Å². The highest BCUT2D eigenvalue weighted by atomic mass is 19.4. The first-order valence-corrected chi connectivity index (χ1v) is 7.85. The first kappa shape index (κ1) is 19.7. The quantitative estimate of drug-likeness (QED) is 0.546. The number of hydrogen-bond donors (Lipinski definition) is 1. The Hall–Kier alpha value is -0.290. The van der Waals surface area contributed by atoms with Crippen LogP contribution in [0.3, 0.4) is 0 Å². The molecule has 0 aromatic rings. The molecule has 0 aromatic carbocycles. The molecule has 0 heterocycles. The fourth-order valence-corrected chi connectivity index (χ4v) is 2.17. The zero-order valence-corrected chi connectivity index (χ0v) is 13.2. The van der Waals surface area contributed by atoms with Gasteiger partial charge in [0.15, 0.2) is 0 Å². The first-order valence-electron chi connectivity index (χ1n) is 7.85. The van der Waals surface area contributed by atoms with Crippen molar-refractivity contribution in [2.75, 3.05) is 32.7 Å². The second-order valence-corrected chi connectivity index (χ2v) is 5.90. The number of rotatable bonds is 12. The number of alkyl halides is 3. The van der Waals surface area contributed by atoms with Crippen LogP contribution in [-0.4, -0.2) is 43.8 Å². The summed E-state index contributed by atoms with van der Waals surface area (Å²) in [4.78, 5) is 1.52. The zero-order chi connectivity index (χ0) is 15.4. The summed E-state index contributed by atoms with van der Waals surface area (Å²) in [6.45, 7) is 8.66. The van der Waals surface area contributed by atoms with E-state index in [4.69, 9.17) is 0 Å². The van der Waals surface area contributed by atoms with E-state index in [9.17, 15) is 13.2 Å². The van der Waals surface area contributed by atoms with Gasteiger partial charge in [-0.3, -0.25) is 4.90 Å². The fourth-order valence-electron chi connectivity index (χ4n) is 2.17. The number of nitrogens with zero attached hydrogens (tertiary/aromatic N) is 1. The standard InChI is InChI=1S/C15H31F3N2/c1-4-10-20(13-15(16,17)18)11-8-6-5-7-9-19-12-14(2)3/h14,19H,4-13H2,1-3H3. The second kappa shape index (κ2) is 11.4. The van der Waals surface area contributed by atoms with Crippen molar-refractivity contribution in [3.8, 4) is 0 Å². The Morgan fingerprint density at radius 1 is 1.00 bits per heavy atom. The second-order valence-electron chi connectivity index (χ2n) is 5.90. The molecule has 0 aliphatic carbocycles. The lowest BCUT2D eigenvalue weighted by atomic mass is 10.1. The van der Waals surface area contributed by atoms with Gasteiger partial charge in [-0.25, -0.2) is 0 Å². The Bertz CT molecular complexity index is 218. The Balaban J connectivity index is 3.54. The highest BCUT2D eigenvalue weighted by Gasteiger charge is 2.29. The van der Waals surface area contributed by atoms with Gasteiger partial charge in [-0.1, -0.05) is 33.6 Å². The first-order chi connectivity index (χ1) is 9.35. The van der Waals surface area contributed by atoms with E-state index in [1.165, 1.54) is 4.90 Å². The van der Waals surface area contributed by atoms with Gasteiger partial charge in [-0.2, -0.15) is 13.2 Å². The van der Waals surface area contributed by atoms with Gasteiger partial charge in [0.25, 0.3) is 0 Å². The van der Waals surface area contributed by atoms with E-state index in [-0.39, 0.29) is 0 Å². The van der Waals surface area contributed by atoms with Gasteiger partial charge < -0.3 is 5.32 Å². The molecule has 0 rings (SSSR count). The van der Waals surface area contributed by atoms with E-state index in [2.05, 4.69) is 19.2 Å². The van der Waals surface area contributed by atoms with E-state index in [0.29, 0.717) is 19.0 Å². The number of halogens is 3. The van der Waals surface area contributed by atoms with Gasteiger partial charge in [0, 0.05) is 0 Å². The van der Waals surface area contributed by atoms with Crippen molar-refractivity contribution in [1.29, 1.82) is 0 Å². The molecule has 20 heavy (non-hydrogen) atoms. The van der Waals surface area contributed by atoms with Crippen LogP contribution in [0.5, 0.6) is 0 Å². The molecule has 0 aliphatic heterocycles. The Morgan fingerprint density at radius 3 is 2.20 bits per heavy atom. The van der Waals surface area contributed by atoms with Crippen LogP contribution in [0.2, 0.25) is 0 Å². The Morgan fingerprint density at radius 2 is 1.65 bits per heavy atom. The molecule has 0 aliphatic rings. The molecule has 0 radical (unpaired) electrons. The summed E-state index contributed by atoms with van der Waals surface area (Å²) in [6.07, 6.45) is 0.781. The van der Waals surface area contributed by atoms with E-state index in [0.717, 1.165) is 45.2 Å². The number of hydrogen-bond acceptors (Lipinski definition) is 2. The van der Waals surface area contributed by atoms with Crippen molar-refractivity contribution in [3.63, 3.8) is 0 Å². The van der Waals surface area contributed by atoms with Crippen molar-refractivity contribution in [2.24, 2.45) is 5.92 Å². The molecular formula is C15H31F3N2. The highest BCUT2D eigenvalue weighted by Crippen LogP contribution is 2.17. The summed E-state index contributed by atoms with van der Waals surface area (Å²) in [5.74, 6) is 0.667. The van der Waals surface area contributed by atoms with Crippen molar-refractivity contribution in [2.45, 2.75) is 59.1 Å². The van der Waals surface area contributed by atoms with Crippen LogP contribution in [0.15, 0.2) is 0 Å². The summed E-state index contributed by atoms with van der Waals surface area (Å²) in [7, 11) is 0. The summed E-state index contributed by atoms with van der Waals surface area (Å²) < 4.78 is 37.1. The highest BCUT2D eigenvalue weighted by molar-refractivity contribution is 4.63. The molecule has 0 saturated carbocycles. The summed E-state index contributed by atoms with van der Waals surface area (Å²) in [5.41, 5.74) is 0. The maximum atomic E-state index is 12.4. The minimum absolute atomic E-state index is 0.537. The van der Waals surface area contributed by atoms with Crippen LogP contribution >= 0.6 is 0 Å². The van der Waals surface area contributed by atoms with Crippen molar-refractivity contribution in [3.05, 3.63) is 0 Å². The molecule has 0 unspecified atom stereocenters. The van der Waals surface area contributed by atoms with Gasteiger partial charge in [-0.15, -0.1) is 0 Å². The average Bonchev–Trinajstić information content (AvgIpc) is 2.30. The summed E-state index contributed by atoms with van der Waals surface area (Å²) in [6, 6.07) is 0. The van der Waals surface area contributed by atoms with Crippen molar-refractivity contribution >= 4 is 0 Å². The van der Waals surface area contributed by atoms with E-state index < -0.39 is 12.7 Å². The molecular weight excluding hydrogens is 265 g/mol. The predicted molar refractivity (Wildman–Crippen MR) is 79.0 cm³/mol. The molecule has 0 spiro atoms. The molecule has 0 aromatic heterocycles. The van der Waals surface area contributed by atoms with Crippen LogP contribution in [0.1, 0.15) is 52.9 Å². The van der Waals surface area contributed by atoms with Crippen LogP contribution in [0, 0.1) is 5.92 Å². The number of unbranched alkanes of at least 4 members (excludes halogenated alkanes) is 3. The van der Waals surface area contributed by atoms with Gasteiger partial charge >= 0.3 is 6.18 Å². The lowest BCUT2D eigenvalue weighted by Gasteiger charge is -2.22. The normalized spacial score (nSPS) is 12.6. The minimum Gasteiger partial charge on any atom is -0.316 e. The van der Waals surface area contributed by atoms with Crippen LogP contribution in [-0.2, 0) is 0 Å². The van der Waals surface area contributed by atoms with Crippen LogP contribution in [0.25, 0.3) is 0 Å². The van der Waals surface area contributed by atoms with Crippen molar-refractivity contribution in [1.82, 2.24) is 10.2 Å². The maximum Gasteiger partial charge on any atom is 0.401 e. The lowest BCUT2D eigenvalue weighted by Crippen LogP contribution is -2.35. The topological polar surface area (TPSA) is 15.3 Å². The Labute approximate surface area is 122 Å². The molecule has 0 fully saturated rings. The van der Waals surface area contributed by atoms with Gasteiger partial charge in [0.05, 0.1) is 6.54 Å². The summed E-state index contributed by atoms with van der Waals surface area (Å²) >= 11 is 0. The minimum atomic E-state index is -4.07. The molecule has 1 N–H and O–H groups in total. The van der Waals surface area contributed by atoms with Crippen LogP contribution in [0.4, 0.5) is 13.2 Å². The van der Waals surface area contributed by atoms with Crippen LogP contribution < -0.4 is 5.32 Å². The molecule has 5 heteroatoms. The van der Waals surface area contributed by atoms with E-state index in [1.807, 2.05) is 6.92 Å². The third kappa shape index (κ3) is 14.1. The maximum absolute atomic E-state index is 12.4. The molecule has 0 bridgehead atoms. The average molecular weight is 296 g/mol. The SMILES string of the molecule is CCCN(CCCCCCNCC(C)C)CC(F)(F)F. The molecule has 0 amide bonds. The third-order valence-electron chi connectivity index (χ3n) is 3.07. The molecule has 0 saturated heterocycles. The van der Waals surface area contributed by atoms with Gasteiger partial charge in [0.2, 0.25) is 0 Å². The fraction of sp³-hybridized carbons (Fsp3) is 1.00. The van der Waals surface area contributed by atoms with Gasteiger partial charge in [-0.05, 0) is 51.4 Å². The lowest BCUT2D eigenvalue weighted by molar-refractivity contribution is -0.146. The molecule has 0 atom stereocenters. The largest absolute Gasteiger partial charge is 0.401 e. The van der Waals surface area contributed by atoms with E-state index >= 15 is 0 Å². The number of nitrogens with one attached hydrogen (secondary N) is 1. The Kier molecular flexibility index (Phi) is 11.2. The summed E-state index contributed by atoms with van der Waals surface area (Å²) in [5, 5.41) is 3.38. The molecule has 122 valence electrons. The molecule has 2 nitrogen and oxygen atoms in total. The van der Waals surface area contributed by atoms with Crippen molar-refractivity contribution < 1.29 is 13.2 Å². The predicted octanol–water partition coefficient (Wildman–Crippen LogP) is 4.07. The third-order valence-corrected chi connectivity index (χ3v) is 3.07. The van der Waals surface area contributed by atoms with E-state index in [1.54, 1.807) is 0 Å². The zero-order valence-electron chi connectivity index (χ0n) is 13.2. The smallest absolute Gasteiger partial charge is 0.316 e.